The van der Waals surface area contributed by atoms with E-state index in [2.05, 4.69) is 49.5 Å². The summed E-state index contributed by atoms with van der Waals surface area (Å²) in [5, 5.41) is 2.97. The third-order valence-corrected chi connectivity index (χ3v) is 5.55. The molecule has 3 heteroatoms. The Hall–Kier alpha value is -3.33. The van der Waals surface area contributed by atoms with Crippen LogP contribution >= 0.6 is 0 Å². The van der Waals surface area contributed by atoms with Crippen molar-refractivity contribution in [2.24, 2.45) is 5.41 Å². The first-order valence-electron chi connectivity index (χ1n) is 10.3. The van der Waals surface area contributed by atoms with Crippen molar-refractivity contribution in [1.29, 1.82) is 0 Å². The predicted molar refractivity (Wildman–Crippen MR) is 123 cm³/mol. The van der Waals surface area contributed by atoms with Crippen LogP contribution in [0.1, 0.15) is 43.9 Å². The number of nitrogens with one attached hydrogen (secondary N) is 1. The first-order chi connectivity index (χ1) is 14.4. The summed E-state index contributed by atoms with van der Waals surface area (Å²) in [6, 6.07) is 26.6. The van der Waals surface area contributed by atoms with Gasteiger partial charge in [0.25, 0.3) is 0 Å². The van der Waals surface area contributed by atoms with Crippen LogP contribution < -0.4 is 10.1 Å². The summed E-state index contributed by atoms with van der Waals surface area (Å²) in [6.45, 7) is 6.65. The minimum Gasteiger partial charge on any atom is -0.489 e. The van der Waals surface area contributed by atoms with Gasteiger partial charge in [0.15, 0.2) is 0 Å². The Morgan fingerprint density at radius 2 is 1.60 bits per heavy atom. The molecule has 1 aliphatic rings. The van der Waals surface area contributed by atoms with Gasteiger partial charge in [-0.25, -0.2) is 0 Å². The highest BCUT2D eigenvalue weighted by Crippen LogP contribution is 2.56. The largest absolute Gasteiger partial charge is 0.489 e. The smallest absolute Gasteiger partial charge is 0.221 e. The van der Waals surface area contributed by atoms with E-state index in [1.54, 1.807) is 6.92 Å². The Balaban J connectivity index is 1.61. The maximum Gasteiger partial charge on any atom is 0.221 e. The molecule has 4 rings (SSSR count). The molecule has 0 unspecified atom stereocenters. The van der Waals surface area contributed by atoms with Gasteiger partial charge in [-0.3, -0.25) is 4.79 Å². The number of anilines is 1. The van der Waals surface area contributed by atoms with Gasteiger partial charge in [-0.1, -0.05) is 74.5 Å². The molecule has 30 heavy (non-hydrogen) atoms. The number of carbonyl (C=O) groups excluding carboxylic acids is 1. The fraction of sp³-hybridized carbons (Fsp3) is 0.222. The lowest BCUT2D eigenvalue weighted by molar-refractivity contribution is -0.114. The van der Waals surface area contributed by atoms with Crippen molar-refractivity contribution in [3.63, 3.8) is 0 Å². The average Bonchev–Trinajstić information content (AvgIpc) is 2.73. The summed E-state index contributed by atoms with van der Waals surface area (Å²) in [7, 11) is 0. The Kier molecular flexibility index (Phi) is 5.45. The zero-order valence-corrected chi connectivity index (χ0v) is 17.7. The molecule has 1 aliphatic carbocycles. The van der Waals surface area contributed by atoms with Crippen LogP contribution in [0.15, 0.2) is 78.9 Å². The molecule has 3 nitrogen and oxygen atoms in total. The van der Waals surface area contributed by atoms with Crippen molar-refractivity contribution in [2.75, 3.05) is 5.32 Å². The number of hydrogen-bond donors (Lipinski definition) is 1. The van der Waals surface area contributed by atoms with Gasteiger partial charge in [0.2, 0.25) is 5.91 Å². The molecule has 0 heterocycles. The summed E-state index contributed by atoms with van der Waals surface area (Å²) in [5.74, 6) is 0.809. The van der Waals surface area contributed by atoms with Crippen molar-refractivity contribution in [2.45, 2.75) is 33.8 Å². The van der Waals surface area contributed by atoms with Gasteiger partial charge in [-0.2, -0.15) is 0 Å². The van der Waals surface area contributed by atoms with E-state index in [4.69, 9.17) is 4.74 Å². The standard InChI is InChI=1S/C27H27NO2/c1-19(29)28-25-12-8-7-11-23(25)24-17-27(2,3)26(24)21-13-15-22(16-14-21)30-18-20-9-5-4-6-10-20/h4-16H,17-18H2,1-3H3,(H,28,29). The van der Waals surface area contributed by atoms with Crippen LogP contribution in [0.4, 0.5) is 5.69 Å². The summed E-state index contributed by atoms with van der Waals surface area (Å²) in [4.78, 5) is 11.6. The third kappa shape index (κ3) is 4.16. The van der Waals surface area contributed by atoms with E-state index in [9.17, 15) is 4.79 Å². The molecule has 3 aromatic carbocycles. The molecule has 0 spiro atoms. The van der Waals surface area contributed by atoms with Gasteiger partial charge in [0, 0.05) is 18.2 Å². The second kappa shape index (κ2) is 8.19. The molecule has 1 amide bonds. The fourth-order valence-electron chi connectivity index (χ4n) is 4.22. The van der Waals surface area contributed by atoms with Crippen LogP contribution in [0.2, 0.25) is 0 Å². The van der Waals surface area contributed by atoms with Gasteiger partial charge in [-0.05, 0) is 52.3 Å². The van der Waals surface area contributed by atoms with Crippen molar-refractivity contribution in [3.8, 4) is 5.75 Å². The number of rotatable bonds is 6. The Morgan fingerprint density at radius 3 is 2.27 bits per heavy atom. The summed E-state index contributed by atoms with van der Waals surface area (Å²) < 4.78 is 5.94. The molecule has 0 aliphatic heterocycles. The van der Waals surface area contributed by atoms with Gasteiger partial charge in [0.05, 0.1) is 0 Å². The highest BCUT2D eigenvalue weighted by atomic mass is 16.5. The fourth-order valence-corrected chi connectivity index (χ4v) is 4.22. The number of hydrogen-bond acceptors (Lipinski definition) is 2. The second-order valence-electron chi connectivity index (χ2n) is 8.44. The molecule has 0 radical (unpaired) electrons. The molecule has 0 aromatic heterocycles. The van der Waals surface area contributed by atoms with E-state index in [-0.39, 0.29) is 11.3 Å². The normalized spacial score (nSPS) is 14.8. The number of carbonyl (C=O) groups is 1. The van der Waals surface area contributed by atoms with Crippen molar-refractivity contribution in [1.82, 2.24) is 0 Å². The van der Waals surface area contributed by atoms with E-state index in [0.717, 1.165) is 29.0 Å². The average molecular weight is 398 g/mol. The summed E-state index contributed by atoms with van der Waals surface area (Å²) in [5.41, 5.74) is 7.04. The zero-order chi connectivity index (χ0) is 21.1. The summed E-state index contributed by atoms with van der Waals surface area (Å²) >= 11 is 0. The van der Waals surface area contributed by atoms with Crippen molar-refractivity contribution >= 4 is 22.7 Å². The van der Waals surface area contributed by atoms with E-state index >= 15 is 0 Å². The molecule has 152 valence electrons. The lowest BCUT2D eigenvalue weighted by atomic mass is 9.62. The first kappa shape index (κ1) is 20.0. The Labute approximate surface area is 178 Å². The van der Waals surface area contributed by atoms with Gasteiger partial charge >= 0.3 is 0 Å². The highest BCUT2D eigenvalue weighted by Gasteiger charge is 2.38. The number of benzene rings is 3. The van der Waals surface area contributed by atoms with E-state index in [1.165, 1.54) is 16.7 Å². The Morgan fingerprint density at radius 1 is 0.933 bits per heavy atom. The number of amides is 1. The SMILES string of the molecule is CC(=O)Nc1ccccc1C1=C(c2ccc(OCc3ccccc3)cc2)C(C)(C)C1. The van der Waals surface area contributed by atoms with Gasteiger partial charge in [0.1, 0.15) is 12.4 Å². The van der Waals surface area contributed by atoms with Gasteiger partial charge in [-0.15, -0.1) is 0 Å². The zero-order valence-electron chi connectivity index (χ0n) is 17.7. The highest BCUT2D eigenvalue weighted by molar-refractivity contribution is 6.04. The van der Waals surface area contributed by atoms with Crippen LogP contribution in [-0.4, -0.2) is 5.91 Å². The number of allylic oxidation sites excluding steroid dienone is 2. The first-order valence-corrected chi connectivity index (χ1v) is 10.3. The van der Waals surface area contributed by atoms with Crippen molar-refractivity contribution in [3.05, 3.63) is 95.6 Å². The predicted octanol–water partition coefficient (Wildman–Crippen LogP) is 6.56. The number of para-hydroxylation sites is 1. The molecule has 0 fully saturated rings. The lowest BCUT2D eigenvalue weighted by Gasteiger charge is -2.42. The van der Waals surface area contributed by atoms with Gasteiger partial charge < -0.3 is 10.1 Å². The minimum absolute atomic E-state index is 0.0527. The van der Waals surface area contributed by atoms with Crippen LogP contribution in [0.3, 0.4) is 0 Å². The molecule has 0 saturated carbocycles. The van der Waals surface area contributed by atoms with Crippen LogP contribution in [0.25, 0.3) is 11.1 Å². The molecular formula is C27H27NO2. The maximum atomic E-state index is 11.6. The van der Waals surface area contributed by atoms with Crippen LogP contribution in [0, 0.1) is 5.41 Å². The van der Waals surface area contributed by atoms with Crippen LogP contribution in [-0.2, 0) is 11.4 Å². The molecule has 0 atom stereocenters. The lowest BCUT2D eigenvalue weighted by Crippen LogP contribution is -2.26. The molecule has 0 bridgehead atoms. The van der Waals surface area contributed by atoms with E-state index in [0.29, 0.717) is 6.61 Å². The molecular weight excluding hydrogens is 370 g/mol. The minimum atomic E-state index is -0.0527. The number of ether oxygens (including phenoxy) is 1. The van der Waals surface area contributed by atoms with E-state index in [1.807, 2.05) is 48.5 Å². The second-order valence-corrected chi connectivity index (χ2v) is 8.44. The van der Waals surface area contributed by atoms with Crippen LogP contribution in [0.5, 0.6) is 5.75 Å². The monoisotopic (exact) mass is 397 g/mol. The third-order valence-electron chi connectivity index (χ3n) is 5.55. The molecule has 3 aromatic rings. The molecule has 1 N–H and O–H groups in total. The Bertz CT molecular complexity index is 1080. The van der Waals surface area contributed by atoms with E-state index < -0.39 is 0 Å². The molecule has 0 saturated heterocycles. The van der Waals surface area contributed by atoms with Crippen molar-refractivity contribution < 1.29 is 9.53 Å². The topological polar surface area (TPSA) is 38.3 Å². The summed E-state index contributed by atoms with van der Waals surface area (Å²) in [6.07, 6.45) is 0.977. The maximum absolute atomic E-state index is 11.6. The quantitative estimate of drug-likeness (QED) is 0.511.